The molecular weight excluding hydrogens is 588 g/mol. The molecule has 0 N–H and O–H groups in total. The van der Waals surface area contributed by atoms with Crippen LogP contribution in [0.3, 0.4) is 0 Å². The zero-order chi connectivity index (χ0) is 33.9. The molecule has 0 fully saturated rings. The monoisotopic (exact) mass is 632 g/mol. The molecule has 4 nitrogen and oxygen atoms in total. The molecule has 5 rings (SSSR count). The van der Waals surface area contributed by atoms with Crippen molar-refractivity contribution in [1.82, 2.24) is 0 Å². The van der Waals surface area contributed by atoms with Crippen LogP contribution in [0.25, 0.3) is 21.5 Å². The molecule has 0 bridgehead atoms. The van der Waals surface area contributed by atoms with E-state index in [1.165, 1.54) is 0 Å². The Morgan fingerprint density at radius 1 is 0.417 bits per heavy atom. The van der Waals surface area contributed by atoms with E-state index in [0.717, 1.165) is 107 Å². The van der Waals surface area contributed by atoms with Crippen LogP contribution in [0, 0.1) is 23.7 Å². The van der Waals surface area contributed by atoms with Gasteiger partial charge in [0.05, 0.1) is 11.4 Å². The number of fused-ring (bicyclic) bond motifs is 2. The van der Waals surface area contributed by atoms with E-state index in [-0.39, 0.29) is 10.9 Å². The van der Waals surface area contributed by atoms with Gasteiger partial charge in [0.2, 0.25) is 10.9 Å². The van der Waals surface area contributed by atoms with E-state index >= 15 is 0 Å². The molecule has 0 aromatic heterocycles. The van der Waals surface area contributed by atoms with Crippen LogP contribution >= 0.6 is 0 Å². The minimum absolute atomic E-state index is 0.0118. The summed E-state index contributed by atoms with van der Waals surface area (Å²) < 4.78 is 0. The van der Waals surface area contributed by atoms with Crippen molar-refractivity contribution in [3.8, 4) is 23.7 Å². The summed E-state index contributed by atoms with van der Waals surface area (Å²) in [6.07, 6.45) is 3.92. The Bertz CT molecular complexity index is 1940. The van der Waals surface area contributed by atoms with Crippen LogP contribution in [0.2, 0.25) is 0 Å². The van der Waals surface area contributed by atoms with Gasteiger partial charge in [-0.2, -0.15) is 0 Å². The maximum absolute atomic E-state index is 13.0. The van der Waals surface area contributed by atoms with Gasteiger partial charge in [0.1, 0.15) is 0 Å². The van der Waals surface area contributed by atoms with Gasteiger partial charge in [-0.05, 0) is 95.8 Å². The Labute approximate surface area is 285 Å². The Morgan fingerprint density at radius 2 is 0.729 bits per heavy atom. The third-order valence-electron chi connectivity index (χ3n) is 8.43. The first kappa shape index (κ1) is 34.0. The van der Waals surface area contributed by atoms with E-state index in [1.54, 1.807) is 12.1 Å². The van der Waals surface area contributed by atoms with E-state index in [0.29, 0.717) is 0 Å². The van der Waals surface area contributed by atoms with Crippen molar-refractivity contribution in [1.29, 1.82) is 0 Å². The van der Waals surface area contributed by atoms with E-state index in [4.69, 9.17) is 0 Å². The summed E-state index contributed by atoms with van der Waals surface area (Å²) in [7, 11) is 0. The number of nitrogens with zero attached hydrogens (tertiary/aromatic N) is 2. The second kappa shape index (κ2) is 16.5. The predicted molar refractivity (Wildman–Crippen MR) is 204 cm³/mol. The highest BCUT2D eigenvalue weighted by Gasteiger charge is 2.12. The lowest BCUT2D eigenvalue weighted by molar-refractivity contribution is 0.743. The zero-order valence-corrected chi connectivity index (χ0v) is 28.6. The first-order valence-corrected chi connectivity index (χ1v) is 17.2. The first-order valence-electron chi connectivity index (χ1n) is 17.2. The van der Waals surface area contributed by atoms with Gasteiger partial charge in [-0.25, -0.2) is 0 Å². The summed E-state index contributed by atoms with van der Waals surface area (Å²) in [5, 5.41) is 4.09. The molecule has 0 unspecified atom stereocenters. The van der Waals surface area contributed by atoms with Gasteiger partial charge >= 0.3 is 0 Å². The Kier molecular flexibility index (Phi) is 11.7. The van der Waals surface area contributed by atoms with Gasteiger partial charge in [0, 0.05) is 48.4 Å². The number of anilines is 2. The molecule has 0 saturated heterocycles. The fourth-order valence-electron chi connectivity index (χ4n) is 6.26. The molecule has 0 spiro atoms. The summed E-state index contributed by atoms with van der Waals surface area (Å²) in [5.41, 5.74) is 4.90. The average Bonchev–Trinajstić information content (AvgIpc) is 3.40. The van der Waals surface area contributed by atoms with Gasteiger partial charge in [-0.15, -0.1) is 0 Å². The van der Waals surface area contributed by atoms with Crippen molar-refractivity contribution >= 4 is 32.9 Å². The molecule has 0 atom stereocenters. The van der Waals surface area contributed by atoms with Crippen molar-refractivity contribution in [3.63, 3.8) is 0 Å². The molecule has 5 aromatic carbocycles. The highest BCUT2D eigenvalue weighted by atomic mass is 16.1. The third kappa shape index (κ3) is 7.79. The molecule has 0 radical (unpaired) electrons. The molecule has 0 saturated carbocycles. The molecule has 0 aliphatic rings. The maximum Gasteiger partial charge on any atom is 0.201 e. The second-order valence-corrected chi connectivity index (χ2v) is 12.1. The third-order valence-corrected chi connectivity index (χ3v) is 8.43. The van der Waals surface area contributed by atoms with Crippen molar-refractivity contribution in [2.75, 3.05) is 36.0 Å². The molecule has 0 heterocycles. The SMILES string of the molecule is CCCN(CCC)c1ccc(C#Cc2c3ccccc3c(C#Cc3ccc(N(CCC)CCC)c(=O)cc3)c3ccccc23)ccc1=O. The highest BCUT2D eigenvalue weighted by Crippen LogP contribution is 2.32. The second-order valence-electron chi connectivity index (χ2n) is 12.1. The summed E-state index contributed by atoms with van der Waals surface area (Å²) >= 11 is 0. The Balaban J connectivity index is 1.60. The average molecular weight is 633 g/mol. The molecule has 4 heteroatoms. The minimum atomic E-state index is 0.0118. The quantitative estimate of drug-likeness (QED) is 0.114. The van der Waals surface area contributed by atoms with Crippen LogP contribution < -0.4 is 20.7 Å². The van der Waals surface area contributed by atoms with Crippen molar-refractivity contribution < 1.29 is 0 Å². The van der Waals surface area contributed by atoms with Crippen LogP contribution in [0.15, 0.2) is 107 Å². The smallest absolute Gasteiger partial charge is 0.201 e. The number of rotatable bonds is 10. The topological polar surface area (TPSA) is 40.6 Å². The van der Waals surface area contributed by atoms with E-state index < -0.39 is 0 Å². The largest absolute Gasteiger partial charge is 0.368 e. The Hall–Kier alpha value is -5.32. The molecule has 242 valence electrons. The lowest BCUT2D eigenvalue weighted by atomic mass is 9.92. The molecule has 48 heavy (non-hydrogen) atoms. The van der Waals surface area contributed by atoms with Crippen LogP contribution in [0.1, 0.15) is 75.6 Å². The van der Waals surface area contributed by atoms with Crippen molar-refractivity contribution in [2.24, 2.45) is 0 Å². The molecule has 0 amide bonds. The van der Waals surface area contributed by atoms with E-state index in [9.17, 15) is 9.59 Å². The molecular formula is C44H44N2O2. The molecule has 5 aromatic rings. The van der Waals surface area contributed by atoms with Crippen LogP contribution in [0.5, 0.6) is 0 Å². The number of benzene rings is 3. The summed E-state index contributed by atoms with van der Waals surface area (Å²) in [5.74, 6) is 13.7. The van der Waals surface area contributed by atoms with Crippen LogP contribution in [0.4, 0.5) is 11.4 Å². The first-order chi connectivity index (χ1) is 23.5. The van der Waals surface area contributed by atoms with Crippen LogP contribution in [-0.2, 0) is 0 Å². The van der Waals surface area contributed by atoms with Crippen molar-refractivity contribution in [2.45, 2.75) is 53.4 Å². The van der Waals surface area contributed by atoms with Crippen LogP contribution in [-0.4, -0.2) is 26.2 Å². The lowest BCUT2D eigenvalue weighted by Gasteiger charge is -2.22. The normalized spacial score (nSPS) is 10.6. The number of hydrogen-bond acceptors (Lipinski definition) is 4. The summed E-state index contributed by atoms with van der Waals surface area (Å²) in [6.45, 7) is 11.9. The lowest BCUT2D eigenvalue weighted by Crippen LogP contribution is -2.28. The highest BCUT2D eigenvalue weighted by molar-refractivity contribution is 6.09. The fourth-order valence-corrected chi connectivity index (χ4v) is 6.26. The Morgan fingerprint density at radius 3 is 1.04 bits per heavy atom. The zero-order valence-electron chi connectivity index (χ0n) is 28.6. The molecule has 0 aliphatic heterocycles. The summed E-state index contributed by atoms with van der Waals surface area (Å²) in [6, 6.07) is 31.2. The van der Waals surface area contributed by atoms with E-state index in [2.05, 4.69) is 85.4 Å². The van der Waals surface area contributed by atoms with Gasteiger partial charge in [0.25, 0.3) is 0 Å². The number of hydrogen-bond donors (Lipinski definition) is 0. The van der Waals surface area contributed by atoms with Gasteiger partial charge < -0.3 is 9.80 Å². The standard InChI is InChI=1S/C44H44N2O2/c1-5-29-45(30-6-2)41-25-19-33(21-27-43(41)47)17-23-39-35-13-9-11-15-37(35)40(38-16-12-10-14-36(38)39)24-18-34-20-26-42(44(48)28-22-34)46(31-7-3)32-8-4/h9-16,19-22,25-28H,5-8,29-32H2,1-4H3. The fraction of sp³-hybridized carbons (Fsp3) is 0.273. The van der Waals surface area contributed by atoms with Gasteiger partial charge in [-0.1, -0.05) is 99.9 Å². The molecule has 0 aliphatic carbocycles. The maximum atomic E-state index is 13.0. The van der Waals surface area contributed by atoms with E-state index in [1.807, 2.05) is 60.7 Å². The summed E-state index contributed by atoms with van der Waals surface area (Å²) in [4.78, 5) is 30.3. The van der Waals surface area contributed by atoms with Gasteiger partial charge in [0.15, 0.2) is 0 Å². The predicted octanol–water partition coefficient (Wildman–Crippen LogP) is 8.77. The van der Waals surface area contributed by atoms with Crippen molar-refractivity contribution in [3.05, 3.63) is 140 Å². The minimum Gasteiger partial charge on any atom is -0.368 e. The van der Waals surface area contributed by atoms with Gasteiger partial charge in [-0.3, -0.25) is 9.59 Å².